The molecule has 4 nitrogen and oxygen atoms in total. The van der Waals surface area contributed by atoms with Gasteiger partial charge in [0.05, 0.1) is 11.3 Å². The van der Waals surface area contributed by atoms with Gasteiger partial charge in [-0.1, -0.05) is 6.07 Å². The van der Waals surface area contributed by atoms with Crippen LogP contribution in [-0.2, 0) is 4.79 Å². The molecule has 1 amide bonds. The first kappa shape index (κ1) is 16.6. The Hall–Kier alpha value is -1.86. The van der Waals surface area contributed by atoms with Crippen LogP contribution in [0.15, 0.2) is 23.6 Å². The van der Waals surface area contributed by atoms with Crippen LogP contribution in [0.5, 0.6) is 0 Å². The number of hydrogen-bond donors (Lipinski definition) is 1. The molecule has 2 aromatic rings. The van der Waals surface area contributed by atoms with Crippen molar-refractivity contribution < 1.29 is 13.6 Å². The molecule has 0 unspecified atom stereocenters. The van der Waals surface area contributed by atoms with E-state index in [0.717, 1.165) is 32.0 Å². The largest absolute Gasteiger partial charge is 0.302 e. The minimum absolute atomic E-state index is 0.0208. The molecule has 0 radical (unpaired) electrons. The number of anilines is 1. The number of hydrogen-bond acceptors (Lipinski definition) is 4. The maximum Gasteiger partial charge on any atom is 0.229 e. The average Bonchev–Trinajstić information content (AvgIpc) is 3.36. The number of piperidine rings is 1. The van der Waals surface area contributed by atoms with Crippen molar-refractivity contribution in [2.45, 2.75) is 31.7 Å². The third kappa shape index (κ3) is 3.57. The summed E-state index contributed by atoms with van der Waals surface area (Å²) in [5.74, 6) is -1.39. The monoisotopic (exact) mass is 363 g/mol. The number of aromatic nitrogens is 1. The van der Waals surface area contributed by atoms with Crippen molar-refractivity contribution in [2.75, 3.05) is 18.4 Å². The number of carbonyl (C=O) groups is 1. The van der Waals surface area contributed by atoms with Gasteiger partial charge in [0, 0.05) is 17.3 Å². The molecular weight excluding hydrogens is 344 g/mol. The number of nitrogens with one attached hydrogen (secondary N) is 1. The molecule has 2 fully saturated rings. The van der Waals surface area contributed by atoms with E-state index < -0.39 is 11.6 Å². The highest BCUT2D eigenvalue weighted by atomic mass is 32.1. The Morgan fingerprint density at radius 1 is 1.16 bits per heavy atom. The second-order valence-electron chi connectivity index (χ2n) is 6.67. The van der Waals surface area contributed by atoms with Gasteiger partial charge in [-0.25, -0.2) is 13.8 Å². The summed E-state index contributed by atoms with van der Waals surface area (Å²) >= 11 is 1.18. The Labute approximate surface area is 148 Å². The zero-order valence-electron chi connectivity index (χ0n) is 13.7. The van der Waals surface area contributed by atoms with E-state index in [4.69, 9.17) is 0 Å². The molecule has 1 aromatic carbocycles. The highest BCUT2D eigenvalue weighted by Crippen LogP contribution is 2.32. The van der Waals surface area contributed by atoms with Crippen LogP contribution >= 0.6 is 11.3 Å². The minimum atomic E-state index is -0.657. The Morgan fingerprint density at radius 2 is 1.84 bits per heavy atom. The fourth-order valence-electron chi connectivity index (χ4n) is 3.36. The van der Waals surface area contributed by atoms with Crippen molar-refractivity contribution >= 4 is 22.4 Å². The number of likely N-dealkylation sites (tertiary alicyclic amines) is 1. The number of rotatable bonds is 4. The van der Waals surface area contributed by atoms with Gasteiger partial charge in [-0.2, -0.15) is 0 Å². The number of nitrogens with zero attached hydrogens (tertiary/aromatic N) is 2. The summed E-state index contributed by atoms with van der Waals surface area (Å²) in [5.41, 5.74) is 0.0523. The normalized spacial score (nSPS) is 19.1. The molecule has 25 heavy (non-hydrogen) atoms. The average molecular weight is 363 g/mol. The molecular formula is C18H19F2N3OS. The lowest BCUT2D eigenvalue weighted by atomic mass is 9.96. The predicted molar refractivity (Wildman–Crippen MR) is 93.4 cm³/mol. The van der Waals surface area contributed by atoms with Crippen LogP contribution in [0.4, 0.5) is 13.9 Å². The van der Waals surface area contributed by atoms with Crippen LogP contribution in [0.3, 0.4) is 0 Å². The third-order valence-electron chi connectivity index (χ3n) is 4.92. The van der Waals surface area contributed by atoms with E-state index in [2.05, 4.69) is 15.2 Å². The van der Waals surface area contributed by atoms with Gasteiger partial charge < -0.3 is 10.2 Å². The summed E-state index contributed by atoms with van der Waals surface area (Å²) in [5, 5.41) is 4.75. The number of carbonyl (C=O) groups excluding carboxylic acids is 1. The number of thiazole rings is 1. The fraction of sp³-hybridized carbons (Fsp3) is 0.444. The molecule has 7 heteroatoms. The van der Waals surface area contributed by atoms with Crippen molar-refractivity contribution in [3.8, 4) is 11.3 Å². The van der Waals surface area contributed by atoms with E-state index >= 15 is 0 Å². The molecule has 1 saturated carbocycles. The number of amides is 1. The summed E-state index contributed by atoms with van der Waals surface area (Å²) in [6, 6.07) is 4.45. The van der Waals surface area contributed by atoms with E-state index in [0.29, 0.717) is 5.13 Å². The molecule has 132 valence electrons. The smallest absolute Gasteiger partial charge is 0.229 e. The Kier molecular flexibility index (Phi) is 4.52. The van der Waals surface area contributed by atoms with E-state index in [1.54, 1.807) is 5.38 Å². The van der Waals surface area contributed by atoms with Gasteiger partial charge in [-0.05, 0) is 50.9 Å². The summed E-state index contributed by atoms with van der Waals surface area (Å²) in [4.78, 5) is 19.1. The number of halogens is 2. The zero-order chi connectivity index (χ0) is 17.4. The summed E-state index contributed by atoms with van der Waals surface area (Å²) in [6.45, 7) is 1.93. The lowest BCUT2D eigenvalue weighted by Gasteiger charge is -2.31. The molecule has 0 bridgehead atoms. The quantitative estimate of drug-likeness (QED) is 0.896. The third-order valence-corrected chi connectivity index (χ3v) is 5.67. The fourth-order valence-corrected chi connectivity index (χ4v) is 4.07. The first-order valence-corrected chi connectivity index (χ1v) is 9.44. The highest BCUT2D eigenvalue weighted by molar-refractivity contribution is 7.14. The Bertz CT molecular complexity index is 762. The van der Waals surface area contributed by atoms with Crippen LogP contribution in [-0.4, -0.2) is 34.9 Å². The van der Waals surface area contributed by atoms with Crippen molar-refractivity contribution in [3.05, 3.63) is 35.2 Å². The van der Waals surface area contributed by atoms with Gasteiger partial charge in [-0.15, -0.1) is 11.3 Å². The van der Waals surface area contributed by atoms with Crippen molar-refractivity contribution in [1.82, 2.24) is 9.88 Å². The van der Waals surface area contributed by atoms with Crippen LogP contribution in [0.25, 0.3) is 11.3 Å². The van der Waals surface area contributed by atoms with Crippen molar-refractivity contribution in [3.63, 3.8) is 0 Å². The number of benzene rings is 1. The molecule has 1 aliphatic heterocycles. The molecule has 0 spiro atoms. The van der Waals surface area contributed by atoms with Gasteiger partial charge in [0.25, 0.3) is 0 Å². The van der Waals surface area contributed by atoms with E-state index in [-0.39, 0.29) is 23.1 Å². The van der Waals surface area contributed by atoms with Crippen LogP contribution in [0, 0.1) is 17.6 Å². The topological polar surface area (TPSA) is 45.2 Å². The Morgan fingerprint density at radius 3 is 2.48 bits per heavy atom. The molecule has 1 saturated heterocycles. The van der Waals surface area contributed by atoms with Gasteiger partial charge in [0.2, 0.25) is 5.91 Å². The van der Waals surface area contributed by atoms with Gasteiger partial charge in [0.15, 0.2) is 5.13 Å². The predicted octanol–water partition coefficient (Wildman–Crippen LogP) is 3.90. The molecule has 1 aromatic heterocycles. The first-order valence-electron chi connectivity index (χ1n) is 8.56. The summed E-state index contributed by atoms with van der Waals surface area (Å²) < 4.78 is 27.7. The van der Waals surface area contributed by atoms with Gasteiger partial charge >= 0.3 is 0 Å². The molecule has 1 N–H and O–H groups in total. The lowest BCUT2D eigenvalue weighted by Crippen LogP contribution is -2.39. The summed E-state index contributed by atoms with van der Waals surface area (Å²) in [7, 11) is 0. The van der Waals surface area contributed by atoms with Crippen molar-refractivity contribution in [2.24, 2.45) is 5.92 Å². The minimum Gasteiger partial charge on any atom is -0.302 e. The first-order chi connectivity index (χ1) is 12.1. The van der Waals surface area contributed by atoms with Crippen LogP contribution < -0.4 is 5.32 Å². The maximum absolute atomic E-state index is 13.8. The lowest BCUT2D eigenvalue weighted by molar-refractivity contribution is -0.121. The standard InChI is InChI=1S/C18H19F2N3OS/c19-13-2-1-3-14(20)16(13)15-10-25-18(21-15)22-17(24)11-6-8-23(9-7-11)12-4-5-12/h1-3,10-12H,4-9H2,(H,21,22,24). The second-order valence-corrected chi connectivity index (χ2v) is 7.52. The second kappa shape index (κ2) is 6.80. The van der Waals surface area contributed by atoms with E-state index in [1.165, 1.54) is 42.4 Å². The van der Waals surface area contributed by atoms with E-state index in [1.807, 2.05) is 0 Å². The molecule has 2 heterocycles. The molecule has 1 aliphatic carbocycles. The summed E-state index contributed by atoms with van der Waals surface area (Å²) in [6.07, 6.45) is 4.27. The van der Waals surface area contributed by atoms with Crippen LogP contribution in [0.2, 0.25) is 0 Å². The Balaban J connectivity index is 1.40. The van der Waals surface area contributed by atoms with Gasteiger partial charge in [0.1, 0.15) is 11.6 Å². The molecule has 0 atom stereocenters. The van der Waals surface area contributed by atoms with Crippen molar-refractivity contribution in [1.29, 1.82) is 0 Å². The zero-order valence-corrected chi connectivity index (χ0v) is 14.5. The SMILES string of the molecule is O=C(Nc1nc(-c2c(F)cccc2F)cs1)C1CCN(C2CC2)CC1. The molecule has 2 aliphatic rings. The molecule has 4 rings (SSSR count). The van der Waals surface area contributed by atoms with Gasteiger partial charge in [-0.3, -0.25) is 4.79 Å². The van der Waals surface area contributed by atoms with E-state index in [9.17, 15) is 13.6 Å². The highest BCUT2D eigenvalue weighted by Gasteiger charge is 2.33. The maximum atomic E-state index is 13.8. The van der Waals surface area contributed by atoms with Crippen LogP contribution in [0.1, 0.15) is 25.7 Å².